The first kappa shape index (κ1) is 29.3. The molecule has 0 aliphatic rings. The van der Waals surface area contributed by atoms with Crippen LogP contribution in [-0.4, -0.2) is 10.2 Å². The zero-order valence-electron chi connectivity index (χ0n) is 28.6. The topological polar surface area (TPSA) is 74.6 Å². The summed E-state index contributed by atoms with van der Waals surface area (Å²) in [6, 6.07) is 48.4. The standard InChI is InChI=1S/C50H26O4/c51-47-35-23-33-34(42-38(26-15-5-2-6-16-26)28-18-8-7-17-27(28)37(41(33)42)25-13-3-1-4-14-25)24-36(35)48(52)46-45(47)49(53)43-39-29-19-9-11-21-31(29)40(44(43)50(46)54)32-22-12-10-20-30(32)39/h1-24,53-54H. The van der Waals surface area contributed by atoms with Crippen LogP contribution in [0.2, 0.25) is 0 Å². The number of phenols is 2. The van der Waals surface area contributed by atoms with Crippen LogP contribution in [0.5, 0.6) is 11.5 Å². The van der Waals surface area contributed by atoms with Gasteiger partial charge in [0.25, 0.3) is 0 Å². The number of aromatic hydroxyl groups is 2. The highest BCUT2D eigenvalue weighted by molar-refractivity contribution is 6.44. The molecule has 2 N–H and O–H groups in total. The van der Waals surface area contributed by atoms with E-state index in [-0.39, 0.29) is 33.0 Å². The molecule has 0 heterocycles. The normalized spacial score (nSPS) is 12.4. The average molecular weight is 691 g/mol. The van der Waals surface area contributed by atoms with Crippen LogP contribution in [0.25, 0.3) is 119 Å². The Balaban J connectivity index is 1.30. The Labute approximate surface area is 306 Å². The Kier molecular flexibility index (Phi) is 5.52. The van der Waals surface area contributed by atoms with Gasteiger partial charge in [-0.05, 0) is 88.2 Å². The Morgan fingerprint density at radius 1 is 0.278 bits per heavy atom. The van der Waals surface area contributed by atoms with E-state index in [9.17, 15) is 19.8 Å². The van der Waals surface area contributed by atoms with Gasteiger partial charge in [-0.3, -0.25) is 9.59 Å². The van der Waals surface area contributed by atoms with Gasteiger partial charge >= 0.3 is 0 Å². The maximum atomic E-state index is 14.8. The van der Waals surface area contributed by atoms with Gasteiger partial charge in [0, 0.05) is 32.3 Å². The molecule has 0 fully saturated rings. The van der Waals surface area contributed by atoms with Crippen molar-refractivity contribution in [3.8, 4) is 33.8 Å². The molecule has 4 nitrogen and oxygen atoms in total. The van der Waals surface area contributed by atoms with E-state index in [4.69, 9.17) is 0 Å². The minimum Gasteiger partial charge on any atom is -0.506 e. The molecule has 0 radical (unpaired) electrons. The second kappa shape index (κ2) is 10.2. The first-order valence-electron chi connectivity index (χ1n) is 18.1. The van der Waals surface area contributed by atoms with Crippen molar-refractivity contribution in [2.24, 2.45) is 0 Å². The monoisotopic (exact) mass is 690 g/mol. The van der Waals surface area contributed by atoms with Gasteiger partial charge < -0.3 is 10.2 Å². The highest BCUT2D eigenvalue weighted by Crippen LogP contribution is 2.54. The van der Waals surface area contributed by atoms with Gasteiger partial charge in [0.2, 0.25) is 0 Å². The summed E-state index contributed by atoms with van der Waals surface area (Å²) in [6.07, 6.45) is 0. The summed E-state index contributed by atoms with van der Waals surface area (Å²) >= 11 is 0. The maximum absolute atomic E-state index is 14.8. The Morgan fingerprint density at radius 3 is 0.944 bits per heavy atom. The lowest BCUT2D eigenvalue weighted by Gasteiger charge is -2.24. The van der Waals surface area contributed by atoms with Crippen molar-refractivity contribution in [1.29, 1.82) is 0 Å². The van der Waals surface area contributed by atoms with Crippen molar-refractivity contribution in [2.75, 3.05) is 0 Å². The van der Waals surface area contributed by atoms with E-state index in [1.165, 1.54) is 0 Å². The van der Waals surface area contributed by atoms with Crippen molar-refractivity contribution in [3.63, 3.8) is 0 Å². The molecule has 0 aliphatic heterocycles. The molecule has 250 valence electrons. The fraction of sp³-hybridized carbons (Fsp3) is 0. The summed E-state index contributed by atoms with van der Waals surface area (Å²) in [5.74, 6) is -0.549. The molecule has 2 bridgehead atoms. The summed E-state index contributed by atoms with van der Waals surface area (Å²) in [5.41, 5.74) is 3.29. The van der Waals surface area contributed by atoms with E-state index in [1.807, 2.05) is 97.1 Å². The first-order chi connectivity index (χ1) is 26.5. The lowest BCUT2D eigenvalue weighted by Crippen LogP contribution is -2.14. The number of phenolic OH excluding ortho intramolecular Hbond substituents is 2. The van der Waals surface area contributed by atoms with Crippen LogP contribution < -0.4 is 10.9 Å². The molecule has 0 amide bonds. The van der Waals surface area contributed by atoms with Crippen LogP contribution in [0.4, 0.5) is 0 Å². The SMILES string of the molecule is O=c1c2cc3c(cc2c(=O)c2c(O)c4c(c(O)c12)c1c2ccccc2c4c2ccccc21)c1c(-c2ccccc2)c2ccccc2c(-c2ccccc2)c31. The molecule has 4 heteroatoms. The largest absolute Gasteiger partial charge is 0.506 e. The fourth-order valence-corrected chi connectivity index (χ4v) is 9.70. The molecule has 13 rings (SSSR count). The predicted molar refractivity (Wildman–Crippen MR) is 224 cm³/mol. The molecule has 0 aromatic heterocycles. The van der Waals surface area contributed by atoms with E-state index < -0.39 is 10.9 Å². The molecular formula is C50H26O4. The number of fused-ring (bicyclic) bond motifs is 7. The summed E-state index contributed by atoms with van der Waals surface area (Å²) in [6.45, 7) is 0. The highest BCUT2D eigenvalue weighted by atomic mass is 16.3. The van der Waals surface area contributed by atoms with Crippen molar-refractivity contribution < 1.29 is 10.2 Å². The third kappa shape index (κ3) is 3.43. The van der Waals surface area contributed by atoms with Crippen LogP contribution in [0.3, 0.4) is 0 Å². The van der Waals surface area contributed by atoms with Gasteiger partial charge in [0.1, 0.15) is 11.5 Å². The number of benzene rings is 12. The van der Waals surface area contributed by atoms with Gasteiger partial charge in [-0.25, -0.2) is 0 Å². The summed E-state index contributed by atoms with van der Waals surface area (Å²) in [4.78, 5) is 29.7. The second-order valence-electron chi connectivity index (χ2n) is 14.4. The lowest BCUT2D eigenvalue weighted by molar-refractivity contribution is 0.479. The minimum absolute atomic E-state index is 0.148. The molecule has 0 saturated heterocycles. The van der Waals surface area contributed by atoms with Crippen molar-refractivity contribution in [2.45, 2.75) is 0 Å². The van der Waals surface area contributed by atoms with Crippen LogP contribution >= 0.6 is 0 Å². The maximum Gasteiger partial charge on any atom is 0.198 e. The summed E-state index contributed by atoms with van der Waals surface area (Å²) in [5, 5.41) is 36.6. The van der Waals surface area contributed by atoms with Gasteiger partial charge in [-0.2, -0.15) is 0 Å². The summed E-state index contributed by atoms with van der Waals surface area (Å²) < 4.78 is 0. The van der Waals surface area contributed by atoms with E-state index in [0.29, 0.717) is 10.8 Å². The average Bonchev–Trinajstić information content (AvgIpc) is 3.22. The summed E-state index contributed by atoms with van der Waals surface area (Å²) in [7, 11) is 0. The van der Waals surface area contributed by atoms with Crippen molar-refractivity contribution >= 4 is 97.0 Å². The van der Waals surface area contributed by atoms with Crippen molar-refractivity contribution in [3.05, 3.63) is 166 Å². The molecule has 0 aliphatic carbocycles. The smallest absolute Gasteiger partial charge is 0.198 e. The molecule has 54 heavy (non-hydrogen) atoms. The Hall–Kier alpha value is -7.30. The highest BCUT2D eigenvalue weighted by Gasteiger charge is 2.29. The minimum atomic E-state index is -0.481. The van der Waals surface area contributed by atoms with E-state index >= 15 is 0 Å². The number of hydrogen-bond acceptors (Lipinski definition) is 4. The van der Waals surface area contributed by atoms with Crippen molar-refractivity contribution in [1.82, 2.24) is 0 Å². The Morgan fingerprint density at radius 2 is 0.593 bits per heavy atom. The van der Waals surface area contributed by atoms with Crippen LogP contribution in [-0.2, 0) is 0 Å². The Bertz CT molecular complexity index is 3400. The fourth-order valence-electron chi connectivity index (χ4n) is 9.70. The van der Waals surface area contributed by atoms with Gasteiger partial charge in [-0.15, -0.1) is 0 Å². The van der Waals surface area contributed by atoms with Gasteiger partial charge in [-0.1, -0.05) is 133 Å². The van der Waals surface area contributed by atoms with E-state index in [0.717, 1.165) is 86.9 Å². The predicted octanol–water partition coefficient (Wildman–Crippen LogP) is 11.8. The number of rotatable bonds is 2. The zero-order chi connectivity index (χ0) is 36.0. The third-order valence-corrected chi connectivity index (χ3v) is 11.9. The quantitative estimate of drug-likeness (QED) is 0.140. The molecule has 0 spiro atoms. The molecular weight excluding hydrogens is 665 g/mol. The third-order valence-electron chi connectivity index (χ3n) is 11.9. The molecule has 13 aromatic rings. The second-order valence-corrected chi connectivity index (χ2v) is 14.4. The molecule has 13 aromatic carbocycles. The van der Waals surface area contributed by atoms with E-state index in [2.05, 4.69) is 48.5 Å². The van der Waals surface area contributed by atoms with E-state index in [1.54, 1.807) is 0 Å². The van der Waals surface area contributed by atoms with Crippen LogP contribution in [0.15, 0.2) is 155 Å². The van der Waals surface area contributed by atoms with Gasteiger partial charge in [0.15, 0.2) is 10.9 Å². The zero-order valence-corrected chi connectivity index (χ0v) is 28.6. The lowest BCUT2D eigenvalue weighted by atomic mass is 9.78. The van der Waals surface area contributed by atoms with Crippen LogP contribution in [0, 0.1) is 0 Å². The first-order valence-corrected chi connectivity index (χ1v) is 18.1. The molecule has 0 saturated carbocycles. The number of hydrogen-bond donors (Lipinski definition) is 2. The molecule has 0 atom stereocenters. The van der Waals surface area contributed by atoms with Gasteiger partial charge in [0.05, 0.1) is 10.8 Å². The molecule has 0 unspecified atom stereocenters. The van der Waals surface area contributed by atoms with Crippen LogP contribution in [0.1, 0.15) is 0 Å².